The lowest BCUT2D eigenvalue weighted by molar-refractivity contribution is -0.159. The van der Waals surface area contributed by atoms with Gasteiger partial charge in [0.15, 0.2) is 0 Å². The maximum absolute atomic E-state index is 9.10. The van der Waals surface area contributed by atoms with E-state index in [1.165, 1.54) is 83.6 Å². The molecule has 3 saturated heterocycles. The van der Waals surface area contributed by atoms with Crippen molar-refractivity contribution in [3.05, 3.63) is 35.9 Å². The van der Waals surface area contributed by atoms with Crippen molar-refractivity contribution < 1.29 is 19.8 Å². The standard InChI is InChI=1S/C22H36N4.C2H2O4/c1-23-15-17-26(18-16-23)22-9-13-25(14-10-22)21-7-11-24(12-8-21)19-20-5-3-2-4-6-20;3-1(4)2(5)6/h2-6,21-22H,7-19H2,1H3;(H,3,4)(H,5,6). The van der Waals surface area contributed by atoms with Crippen LogP contribution in [0.15, 0.2) is 30.3 Å². The molecule has 0 aromatic heterocycles. The van der Waals surface area contributed by atoms with Crippen LogP contribution in [0.4, 0.5) is 0 Å². The van der Waals surface area contributed by atoms with Gasteiger partial charge in [0.1, 0.15) is 0 Å². The summed E-state index contributed by atoms with van der Waals surface area (Å²) < 4.78 is 0. The maximum Gasteiger partial charge on any atom is 0.414 e. The lowest BCUT2D eigenvalue weighted by Gasteiger charge is -2.45. The van der Waals surface area contributed by atoms with Gasteiger partial charge in [-0.15, -0.1) is 0 Å². The molecule has 8 heteroatoms. The van der Waals surface area contributed by atoms with Gasteiger partial charge >= 0.3 is 11.9 Å². The third kappa shape index (κ3) is 7.55. The molecule has 0 aliphatic carbocycles. The number of hydrogen-bond donors (Lipinski definition) is 2. The molecule has 0 amide bonds. The monoisotopic (exact) mass is 446 g/mol. The molecule has 3 aliphatic heterocycles. The molecule has 32 heavy (non-hydrogen) atoms. The van der Waals surface area contributed by atoms with Gasteiger partial charge in [-0.25, -0.2) is 9.59 Å². The first-order valence-corrected chi connectivity index (χ1v) is 11.8. The minimum atomic E-state index is -1.82. The third-order valence-electron chi connectivity index (χ3n) is 7.06. The van der Waals surface area contributed by atoms with E-state index in [9.17, 15) is 0 Å². The van der Waals surface area contributed by atoms with Crippen molar-refractivity contribution in [3.8, 4) is 0 Å². The van der Waals surface area contributed by atoms with Crippen LogP contribution in [0.25, 0.3) is 0 Å². The van der Waals surface area contributed by atoms with Crippen molar-refractivity contribution in [1.82, 2.24) is 19.6 Å². The lowest BCUT2D eigenvalue weighted by Crippen LogP contribution is -2.54. The summed E-state index contributed by atoms with van der Waals surface area (Å²) in [6.07, 6.45) is 5.47. The predicted octanol–water partition coefficient (Wildman–Crippen LogP) is 1.52. The Morgan fingerprint density at radius 3 is 1.72 bits per heavy atom. The Bertz CT molecular complexity index is 696. The number of aliphatic carboxylic acids is 2. The summed E-state index contributed by atoms with van der Waals surface area (Å²) in [5.74, 6) is -3.65. The van der Waals surface area contributed by atoms with Gasteiger partial charge in [-0.2, -0.15) is 0 Å². The van der Waals surface area contributed by atoms with Crippen LogP contribution < -0.4 is 0 Å². The summed E-state index contributed by atoms with van der Waals surface area (Å²) in [6, 6.07) is 12.6. The first kappa shape index (κ1) is 24.6. The first-order chi connectivity index (χ1) is 15.4. The molecule has 178 valence electrons. The van der Waals surface area contributed by atoms with Gasteiger partial charge in [0.05, 0.1) is 0 Å². The number of likely N-dealkylation sites (tertiary alicyclic amines) is 2. The number of rotatable bonds is 4. The molecule has 2 N–H and O–H groups in total. The topological polar surface area (TPSA) is 87.6 Å². The molecular weight excluding hydrogens is 408 g/mol. The van der Waals surface area contributed by atoms with Gasteiger partial charge in [0, 0.05) is 44.8 Å². The fourth-order valence-corrected chi connectivity index (χ4v) is 5.09. The number of nitrogens with zero attached hydrogens (tertiary/aromatic N) is 4. The van der Waals surface area contributed by atoms with Crippen LogP contribution in [-0.2, 0) is 16.1 Å². The zero-order valence-corrected chi connectivity index (χ0v) is 19.2. The second kappa shape index (κ2) is 12.3. The van der Waals surface area contributed by atoms with Crippen LogP contribution in [0.1, 0.15) is 31.2 Å². The second-order valence-electron chi connectivity index (χ2n) is 9.21. The van der Waals surface area contributed by atoms with Crippen molar-refractivity contribution in [2.75, 3.05) is 59.4 Å². The van der Waals surface area contributed by atoms with Gasteiger partial charge < -0.3 is 20.0 Å². The summed E-state index contributed by atoms with van der Waals surface area (Å²) in [5, 5.41) is 14.8. The lowest BCUT2D eigenvalue weighted by atomic mass is 9.96. The van der Waals surface area contributed by atoms with Crippen LogP contribution in [0, 0.1) is 0 Å². The van der Waals surface area contributed by atoms with Crippen LogP contribution in [-0.4, -0.2) is 113 Å². The highest BCUT2D eigenvalue weighted by Crippen LogP contribution is 2.24. The highest BCUT2D eigenvalue weighted by Gasteiger charge is 2.31. The van der Waals surface area contributed by atoms with Gasteiger partial charge in [-0.1, -0.05) is 30.3 Å². The minimum Gasteiger partial charge on any atom is -0.473 e. The summed E-state index contributed by atoms with van der Waals surface area (Å²) in [5.41, 5.74) is 1.46. The number of hydrogen-bond acceptors (Lipinski definition) is 6. The molecule has 3 fully saturated rings. The smallest absolute Gasteiger partial charge is 0.414 e. The van der Waals surface area contributed by atoms with Gasteiger partial charge in [-0.05, 0) is 64.5 Å². The molecule has 0 spiro atoms. The summed E-state index contributed by atoms with van der Waals surface area (Å²) >= 11 is 0. The number of benzene rings is 1. The Hall–Kier alpha value is -2.00. The first-order valence-electron chi connectivity index (χ1n) is 11.8. The van der Waals surface area contributed by atoms with Crippen molar-refractivity contribution in [3.63, 3.8) is 0 Å². The van der Waals surface area contributed by atoms with Crippen molar-refractivity contribution in [1.29, 1.82) is 0 Å². The van der Waals surface area contributed by atoms with Gasteiger partial charge in [-0.3, -0.25) is 9.80 Å². The number of piperidine rings is 2. The molecule has 3 heterocycles. The van der Waals surface area contributed by atoms with Gasteiger partial charge in [0.2, 0.25) is 0 Å². The summed E-state index contributed by atoms with van der Waals surface area (Å²) in [6.45, 7) is 11.3. The SMILES string of the molecule is CN1CCN(C2CCN(C3CCN(Cc4ccccc4)CC3)CC2)CC1.O=C(O)C(=O)O. The van der Waals surface area contributed by atoms with E-state index >= 15 is 0 Å². The third-order valence-corrected chi connectivity index (χ3v) is 7.06. The van der Waals surface area contributed by atoms with E-state index in [0.29, 0.717) is 0 Å². The maximum atomic E-state index is 9.10. The van der Waals surface area contributed by atoms with E-state index in [4.69, 9.17) is 19.8 Å². The predicted molar refractivity (Wildman–Crippen MR) is 124 cm³/mol. The van der Waals surface area contributed by atoms with Crippen molar-refractivity contribution in [2.24, 2.45) is 0 Å². The zero-order chi connectivity index (χ0) is 22.9. The number of likely N-dealkylation sites (N-methyl/N-ethyl adjacent to an activating group) is 1. The Kier molecular flexibility index (Phi) is 9.47. The molecule has 4 rings (SSSR count). The van der Waals surface area contributed by atoms with Crippen LogP contribution in [0.5, 0.6) is 0 Å². The molecule has 0 radical (unpaired) electrons. The summed E-state index contributed by atoms with van der Waals surface area (Å²) in [7, 11) is 2.25. The molecule has 1 aromatic carbocycles. The molecule has 0 saturated carbocycles. The highest BCUT2D eigenvalue weighted by molar-refractivity contribution is 6.27. The highest BCUT2D eigenvalue weighted by atomic mass is 16.4. The van der Waals surface area contributed by atoms with E-state index in [0.717, 1.165) is 18.6 Å². The molecule has 0 bridgehead atoms. The molecule has 1 aromatic rings. The number of carboxylic acids is 2. The Morgan fingerprint density at radius 1 is 0.750 bits per heavy atom. The largest absolute Gasteiger partial charge is 0.473 e. The average molecular weight is 447 g/mol. The van der Waals surface area contributed by atoms with Gasteiger partial charge in [0.25, 0.3) is 0 Å². The molecule has 0 unspecified atom stereocenters. The normalized spacial score (nSPS) is 22.8. The Balaban J connectivity index is 0.000000427. The van der Waals surface area contributed by atoms with Crippen LogP contribution in [0.2, 0.25) is 0 Å². The number of carbonyl (C=O) groups is 2. The molecule has 8 nitrogen and oxygen atoms in total. The molecule has 0 atom stereocenters. The number of carboxylic acid groups (broad SMARTS) is 2. The van der Waals surface area contributed by atoms with E-state index in [2.05, 4.69) is 57.0 Å². The van der Waals surface area contributed by atoms with E-state index in [1.54, 1.807) is 0 Å². The Morgan fingerprint density at radius 2 is 1.22 bits per heavy atom. The average Bonchev–Trinajstić information content (AvgIpc) is 2.81. The summed E-state index contributed by atoms with van der Waals surface area (Å²) in [4.78, 5) is 28.9. The van der Waals surface area contributed by atoms with Crippen molar-refractivity contribution in [2.45, 2.75) is 44.3 Å². The van der Waals surface area contributed by atoms with E-state index in [-0.39, 0.29) is 0 Å². The zero-order valence-electron chi connectivity index (χ0n) is 19.2. The molecule has 3 aliphatic rings. The molecular formula is C24H38N4O4. The second-order valence-corrected chi connectivity index (χ2v) is 9.21. The quantitative estimate of drug-likeness (QED) is 0.674. The fourth-order valence-electron chi connectivity index (χ4n) is 5.09. The van der Waals surface area contributed by atoms with E-state index < -0.39 is 11.9 Å². The Labute approximate surface area is 191 Å². The van der Waals surface area contributed by atoms with Crippen LogP contribution >= 0.6 is 0 Å². The van der Waals surface area contributed by atoms with Crippen LogP contribution in [0.3, 0.4) is 0 Å². The fraction of sp³-hybridized carbons (Fsp3) is 0.667. The van der Waals surface area contributed by atoms with E-state index in [1.807, 2.05) is 0 Å². The minimum absolute atomic E-state index is 0.829. The van der Waals surface area contributed by atoms with Crippen molar-refractivity contribution >= 4 is 11.9 Å². The number of piperazine rings is 1.